The van der Waals surface area contributed by atoms with Crippen molar-refractivity contribution in [2.75, 3.05) is 46.1 Å². The van der Waals surface area contributed by atoms with E-state index in [0.29, 0.717) is 41.6 Å². The third-order valence-electron chi connectivity index (χ3n) is 4.58. The second kappa shape index (κ2) is 7.65. The van der Waals surface area contributed by atoms with Crippen LogP contribution in [-0.2, 0) is 4.74 Å². The number of rotatable bonds is 5. The topological polar surface area (TPSA) is 114 Å². The molecule has 0 bridgehead atoms. The third kappa shape index (κ3) is 3.96. The summed E-state index contributed by atoms with van der Waals surface area (Å²) in [5.41, 5.74) is 8.35. The maximum absolute atomic E-state index is 12.6. The molecule has 10 heteroatoms. The molecule has 1 aliphatic heterocycles. The van der Waals surface area contributed by atoms with Crippen molar-refractivity contribution >= 4 is 39.2 Å². The van der Waals surface area contributed by atoms with Gasteiger partial charge in [0.1, 0.15) is 16.3 Å². The fraction of sp³-hybridized carbons (Fsp3) is 0.529. The number of ether oxygens (including phenoxy) is 1. The molecule has 0 saturated carbocycles. The SMILES string of the molecule is Cc1nnc2sc(C(=O)NC3CN(C(=O)OCCN(C)C)C3)c(N)c2c1C. The van der Waals surface area contributed by atoms with Crippen molar-refractivity contribution in [2.45, 2.75) is 19.9 Å². The number of nitrogens with zero attached hydrogens (tertiary/aromatic N) is 4. The predicted octanol–water partition coefficient (Wildman–Crippen LogP) is 1.00. The zero-order chi connectivity index (χ0) is 19.7. The molecule has 0 radical (unpaired) electrons. The number of carbonyl (C=O) groups excluding carboxylic acids is 2. The lowest BCUT2D eigenvalue weighted by Crippen LogP contribution is -2.61. The molecule has 27 heavy (non-hydrogen) atoms. The molecule has 0 aromatic carbocycles. The first-order valence-corrected chi connectivity index (χ1v) is 9.48. The number of amides is 2. The highest BCUT2D eigenvalue weighted by Crippen LogP contribution is 2.34. The van der Waals surface area contributed by atoms with Gasteiger partial charge in [-0.05, 0) is 33.5 Å². The van der Waals surface area contributed by atoms with E-state index >= 15 is 0 Å². The number of likely N-dealkylation sites (tertiary alicyclic amines) is 1. The highest BCUT2D eigenvalue weighted by Gasteiger charge is 2.33. The van der Waals surface area contributed by atoms with Crippen molar-refractivity contribution in [1.29, 1.82) is 0 Å². The molecule has 1 saturated heterocycles. The molecule has 2 aromatic heterocycles. The maximum atomic E-state index is 12.6. The van der Waals surface area contributed by atoms with E-state index < -0.39 is 0 Å². The largest absolute Gasteiger partial charge is 0.448 e. The number of thiophene rings is 1. The van der Waals surface area contributed by atoms with Gasteiger partial charge in [-0.2, -0.15) is 5.10 Å². The number of nitrogens with one attached hydrogen (secondary N) is 1. The molecule has 3 heterocycles. The molecule has 0 aliphatic carbocycles. The number of hydrogen-bond donors (Lipinski definition) is 2. The maximum Gasteiger partial charge on any atom is 0.409 e. The Hall–Kier alpha value is -2.46. The van der Waals surface area contributed by atoms with Crippen LogP contribution >= 0.6 is 11.3 Å². The first kappa shape index (κ1) is 19.3. The van der Waals surface area contributed by atoms with Crippen LogP contribution in [0, 0.1) is 13.8 Å². The molecule has 2 aromatic rings. The van der Waals surface area contributed by atoms with Crippen LogP contribution in [0.2, 0.25) is 0 Å². The van der Waals surface area contributed by atoms with E-state index in [1.54, 1.807) is 4.90 Å². The zero-order valence-electron chi connectivity index (χ0n) is 15.9. The summed E-state index contributed by atoms with van der Waals surface area (Å²) in [6, 6.07) is -0.113. The Kier molecular flexibility index (Phi) is 5.47. The van der Waals surface area contributed by atoms with E-state index in [0.717, 1.165) is 16.6 Å². The molecule has 0 spiro atoms. The van der Waals surface area contributed by atoms with Crippen molar-refractivity contribution in [1.82, 2.24) is 25.3 Å². The normalized spacial score (nSPS) is 14.5. The van der Waals surface area contributed by atoms with Gasteiger partial charge in [0.2, 0.25) is 0 Å². The molecule has 0 atom stereocenters. The molecule has 2 amide bonds. The van der Waals surface area contributed by atoms with Crippen LogP contribution in [0.4, 0.5) is 10.5 Å². The molecule has 0 unspecified atom stereocenters. The summed E-state index contributed by atoms with van der Waals surface area (Å²) in [5, 5.41) is 11.9. The Bertz CT molecular complexity index is 875. The molecule has 3 N–H and O–H groups in total. The first-order valence-electron chi connectivity index (χ1n) is 8.67. The summed E-state index contributed by atoms with van der Waals surface area (Å²) in [6.45, 7) is 5.65. The molecule has 1 fully saturated rings. The van der Waals surface area contributed by atoms with Crippen LogP contribution in [0.5, 0.6) is 0 Å². The minimum Gasteiger partial charge on any atom is -0.448 e. The summed E-state index contributed by atoms with van der Waals surface area (Å²) in [7, 11) is 3.83. The number of aromatic nitrogens is 2. The summed E-state index contributed by atoms with van der Waals surface area (Å²) in [4.78, 5) is 29.1. The third-order valence-corrected chi connectivity index (χ3v) is 5.67. The zero-order valence-corrected chi connectivity index (χ0v) is 16.7. The van der Waals surface area contributed by atoms with Crippen LogP contribution in [0.3, 0.4) is 0 Å². The average Bonchev–Trinajstić information content (AvgIpc) is 2.91. The Morgan fingerprint density at radius 2 is 2.04 bits per heavy atom. The fourth-order valence-corrected chi connectivity index (χ4v) is 3.79. The van der Waals surface area contributed by atoms with Crippen LogP contribution in [-0.4, -0.2) is 78.4 Å². The van der Waals surface area contributed by atoms with Crippen LogP contribution in [0.15, 0.2) is 0 Å². The molecule has 146 valence electrons. The number of hydrogen-bond acceptors (Lipinski definition) is 8. The first-order chi connectivity index (χ1) is 12.8. The smallest absolute Gasteiger partial charge is 0.409 e. The summed E-state index contributed by atoms with van der Waals surface area (Å²) in [6.07, 6.45) is -0.356. The number of nitrogens with two attached hydrogens (primary N) is 1. The minimum atomic E-state index is -0.356. The van der Waals surface area contributed by atoms with Crippen LogP contribution in [0.25, 0.3) is 10.2 Å². The number of fused-ring (bicyclic) bond motifs is 1. The lowest BCUT2D eigenvalue weighted by atomic mass is 10.1. The van der Waals surface area contributed by atoms with Crippen molar-refractivity contribution in [2.24, 2.45) is 0 Å². The van der Waals surface area contributed by atoms with Crippen molar-refractivity contribution in [3.05, 3.63) is 16.1 Å². The van der Waals surface area contributed by atoms with E-state index in [1.807, 2.05) is 32.8 Å². The lowest BCUT2D eigenvalue weighted by Gasteiger charge is -2.38. The van der Waals surface area contributed by atoms with Crippen molar-refractivity contribution in [3.8, 4) is 0 Å². The van der Waals surface area contributed by atoms with Gasteiger partial charge in [-0.25, -0.2) is 4.79 Å². The average molecular weight is 392 g/mol. The quantitative estimate of drug-likeness (QED) is 0.780. The van der Waals surface area contributed by atoms with Gasteiger partial charge in [-0.3, -0.25) is 4.79 Å². The van der Waals surface area contributed by atoms with E-state index in [1.165, 1.54) is 11.3 Å². The number of likely N-dealkylation sites (N-methyl/N-ethyl adjacent to an activating group) is 1. The summed E-state index contributed by atoms with van der Waals surface area (Å²) < 4.78 is 5.18. The highest BCUT2D eigenvalue weighted by molar-refractivity contribution is 7.21. The monoisotopic (exact) mass is 392 g/mol. The van der Waals surface area contributed by atoms with Crippen molar-refractivity contribution < 1.29 is 14.3 Å². The minimum absolute atomic E-state index is 0.113. The Morgan fingerprint density at radius 1 is 1.33 bits per heavy atom. The number of anilines is 1. The molecule has 3 rings (SSSR count). The van der Waals surface area contributed by atoms with Crippen LogP contribution < -0.4 is 11.1 Å². The van der Waals surface area contributed by atoms with Gasteiger partial charge in [0.25, 0.3) is 5.91 Å². The van der Waals surface area contributed by atoms with E-state index in [2.05, 4.69) is 15.5 Å². The highest BCUT2D eigenvalue weighted by atomic mass is 32.1. The Labute approximate surface area is 161 Å². The van der Waals surface area contributed by atoms with Gasteiger partial charge >= 0.3 is 6.09 Å². The van der Waals surface area contributed by atoms with E-state index in [4.69, 9.17) is 10.5 Å². The summed E-state index contributed by atoms with van der Waals surface area (Å²) in [5.74, 6) is -0.252. The predicted molar refractivity (Wildman–Crippen MR) is 104 cm³/mol. The number of nitrogen functional groups attached to an aromatic ring is 1. The van der Waals surface area contributed by atoms with E-state index in [9.17, 15) is 9.59 Å². The molecular formula is C17H24N6O3S. The molecule has 1 aliphatic rings. The van der Waals surface area contributed by atoms with Crippen molar-refractivity contribution in [3.63, 3.8) is 0 Å². The van der Waals surface area contributed by atoms with Crippen LogP contribution in [0.1, 0.15) is 20.9 Å². The summed E-state index contributed by atoms with van der Waals surface area (Å²) >= 11 is 1.23. The standard InChI is InChI=1S/C17H24N6O3S/c1-9-10(2)20-21-16-12(9)13(18)14(27-16)15(24)19-11-7-23(8-11)17(25)26-6-5-22(3)4/h11H,5-8,18H2,1-4H3,(H,19,24). The Balaban J connectivity index is 1.57. The number of carbonyl (C=O) groups is 2. The lowest BCUT2D eigenvalue weighted by molar-refractivity contribution is 0.0570. The van der Waals surface area contributed by atoms with Gasteiger partial charge in [-0.1, -0.05) is 0 Å². The molecular weight excluding hydrogens is 368 g/mol. The van der Waals surface area contributed by atoms with Gasteiger partial charge in [0.15, 0.2) is 0 Å². The number of aryl methyl sites for hydroxylation is 2. The second-order valence-electron chi connectivity index (χ2n) is 6.93. The fourth-order valence-electron chi connectivity index (χ4n) is 2.79. The van der Waals surface area contributed by atoms with E-state index in [-0.39, 0.29) is 18.0 Å². The van der Waals surface area contributed by atoms with Gasteiger partial charge in [0, 0.05) is 25.0 Å². The molecule has 9 nitrogen and oxygen atoms in total. The second-order valence-corrected chi connectivity index (χ2v) is 7.93. The van der Waals surface area contributed by atoms with Gasteiger partial charge in [0.05, 0.1) is 17.4 Å². The van der Waals surface area contributed by atoms with Gasteiger partial charge < -0.3 is 25.6 Å². The Morgan fingerprint density at radius 3 is 2.70 bits per heavy atom. The van der Waals surface area contributed by atoms with Gasteiger partial charge in [-0.15, -0.1) is 16.4 Å².